The minimum absolute atomic E-state index is 0.593. The van der Waals surface area contributed by atoms with Gasteiger partial charge in [0.15, 0.2) is 0 Å². The second-order valence-electron chi connectivity index (χ2n) is 2.88. The summed E-state index contributed by atoms with van der Waals surface area (Å²) in [5.41, 5.74) is 1.45. The molecule has 1 atom stereocenters. The fourth-order valence-electron chi connectivity index (χ4n) is 1.45. The number of thiophene rings is 1. The van der Waals surface area contributed by atoms with Crippen molar-refractivity contribution in [1.29, 1.82) is 0 Å². The molecule has 1 saturated heterocycles. The highest BCUT2D eigenvalue weighted by atomic mass is 32.1. The highest BCUT2D eigenvalue weighted by Gasteiger charge is 2.14. The molecule has 0 amide bonds. The van der Waals surface area contributed by atoms with E-state index in [0.717, 1.165) is 6.54 Å². The third-order valence-electron chi connectivity index (χ3n) is 2.09. The van der Waals surface area contributed by atoms with Crippen LogP contribution in [0.2, 0.25) is 0 Å². The van der Waals surface area contributed by atoms with Gasteiger partial charge in [0.25, 0.3) is 0 Å². The van der Waals surface area contributed by atoms with E-state index in [-0.39, 0.29) is 0 Å². The third kappa shape index (κ3) is 1.63. The standard InChI is InChI=1S/C9H12NS/c1-2-5-10-9(3-1)8-4-6-11-7-8/h1,4,6-7,9-10H,2-3,5H2. The molecule has 59 valence electrons. The molecule has 1 unspecified atom stereocenters. The van der Waals surface area contributed by atoms with Crippen LogP contribution in [0.1, 0.15) is 24.4 Å². The van der Waals surface area contributed by atoms with E-state index in [1.807, 2.05) is 0 Å². The number of piperidine rings is 1. The Hall–Kier alpha value is -0.340. The molecular weight excluding hydrogens is 154 g/mol. The molecule has 2 heteroatoms. The number of hydrogen-bond acceptors (Lipinski definition) is 2. The summed E-state index contributed by atoms with van der Waals surface area (Å²) in [5.74, 6) is 0. The lowest BCUT2D eigenvalue weighted by molar-refractivity contribution is 0.476. The first-order valence-electron chi connectivity index (χ1n) is 4.04. The van der Waals surface area contributed by atoms with Crippen LogP contribution in [0, 0.1) is 6.42 Å². The molecular formula is C9H12NS. The van der Waals surface area contributed by atoms with Crippen LogP contribution in [-0.4, -0.2) is 6.54 Å². The maximum atomic E-state index is 3.50. The smallest absolute Gasteiger partial charge is 0.0331 e. The summed E-state index contributed by atoms with van der Waals surface area (Å²) in [6.45, 7) is 1.14. The van der Waals surface area contributed by atoms with Crippen LogP contribution in [-0.2, 0) is 0 Å². The maximum Gasteiger partial charge on any atom is 0.0331 e. The lowest BCUT2D eigenvalue weighted by Gasteiger charge is -2.22. The molecule has 1 aromatic rings. The molecule has 0 aromatic carbocycles. The van der Waals surface area contributed by atoms with Crippen LogP contribution in [0.4, 0.5) is 0 Å². The predicted octanol–water partition coefficient (Wildman–Crippen LogP) is 2.38. The average molecular weight is 166 g/mol. The molecule has 1 radical (unpaired) electrons. The number of hydrogen-bond donors (Lipinski definition) is 1. The Morgan fingerprint density at radius 1 is 1.55 bits per heavy atom. The van der Waals surface area contributed by atoms with E-state index in [0.29, 0.717) is 6.04 Å². The highest BCUT2D eigenvalue weighted by molar-refractivity contribution is 7.07. The molecule has 11 heavy (non-hydrogen) atoms. The van der Waals surface area contributed by atoms with Gasteiger partial charge in [-0.05, 0) is 48.2 Å². The Kier molecular flexibility index (Phi) is 2.24. The van der Waals surface area contributed by atoms with Gasteiger partial charge in [-0.2, -0.15) is 11.3 Å². The molecule has 0 saturated carbocycles. The monoisotopic (exact) mass is 166 g/mol. The Balaban J connectivity index is 2.04. The predicted molar refractivity (Wildman–Crippen MR) is 48.6 cm³/mol. The molecule has 1 nitrogen and oxygen atoms in total. The topological polar surface area (TPSA) is 12.0 Å². The zero-order valence-electron chi connectivity index (χ0n) is 6.42. The van der Waals surface area contributed by atoms with Crippen molar-refractivity contribution in [3.63, 3.8) is 0 Å². The van der Waals surface area contributed by atoms with Gasteiger partial charge in [-0.3, -0.25) is 0 Å². The number of rotatable bonds is 1. The van der Waals surface area contributed by atoms with Gasteiger partial charge in [-0.1, -0.05) is 0 Å². The molecule has 1 N–H and O–H groups in total. The van der Waals surface area contributed by atoms with Crippen molar-refractivity contribution in [1.82, 2.24) is 5.32 Å². The van der Waals surface area contributed by atoms with Crippen LogP contribution < -0.4 is 5.32 Å². The molecule has 2 heterocycles. The molecule has 1 aliphatic heterocycles. The van der Waals surface area contributed by atoms with E-state index >= 15 is 0 Å². The highest BCUT2D eigenvalue weighted by Crippen LogP contribution is 2.23. The summed E-state index contributed by atoms with van der Waals surface area (Å²) in [6, 6.07) is 2.80. The summed E-state index contributed by atoms with van der Waals surface area (Å²) in [6.07, 6.45) is 4.79. The fourth-order valence-corrected chi connectivity index (χ4v) is 2.17. The quantitative estimate of drug-likeness (QED) is 0.675. The van der Waals surface area contributed by atoms with E-state index in [1.54, 1.807) is 11.3 Å². The van der Waals surface area contributed by atoms with Crippen molar-refractivity contribution in [3.8, 4) is 0 Å². The zero-order valence-corrected chi connectivity index (χ0v) is 7.23. The molecule has 0 spiro atoms. The lowest BCUT2D eigenvalue weighted by atomic mass is 10.0. The van der Waals surface area contributed by atoms with Gasteiger partial charge in [0.1, 0.15) is 0 Å². The van der Waals surface area contributed by atoms with E-state index in [1.165, 1.54) is 18.4 Å². The second-order valence-corrected chi connectivity index (χ2v) is 3.66. The van der Waals surface area contributed by atoms with Crippen LogP contribution >= 0.6 is 11.3 Å². The van der Waals surface area contributed by atoms with Gasteiger partial charge in [0, 0.05) is 6.04 Å². The van der Waals surface area contributed by atoms with Crippen LogP contribution in [0.25, 0.3) is 0 Å². The van der Waals surface area contributed by atoms with Gasteiger partial charge < -0.3 is 5.32 Å². The van der Waals surface area contributed by atoms with Crippen LogP contribution in [0.15, 0.2) is 16.8 Å². The molecule has 0 aliphatic carbocycles. The van der Waals surface area contributed by atoms with Crippen molar-refractivity contribution in [2.45, 2.75) is 18.9 Å². The second kappa shape index (κ2) is 3.37. The van der Waals surface area contributed by atoms with Crippen LogP contribution in [0.5, 0.6) is 0 Å². The van der Waals surface area contributed by atoms with Crippen molar-refractivity contribution in [2.24, 2.45) is 0 Å². The SMILES string of the molecule is [CH]1CCNC(c2ccsc2)C1. The van der Waals surface area contributed by atoms with Crippen molar-refractivity contribution in [3.05, 3.63) is 28.8 Å². The van der Waals surface area contributed by atoms with Gasteiger partial charge in [0.05, 0.1) is 0 Å². The molecule has 1 aromatic heterocycles. The summed E-state index contributed by atoms with van der Waals surface area (Å²) >= 11 is 1.78. The minimum atomic E-state index is 0.593. The van der Waals surface area contributed by atoms with Crippen molar-refractivity contribution >= 4 is 11.3 Å². The molecule has 1 fully saturated rings. The number of nitrogens with one attached hydrogen (secondary N) is 1. The lowest BCUT2D eigenvalue weighted by Crippen LogP contribution is -2.26. The van der Waals surface area contributed by atoms with E-state index in [9.17, 15) is 0 Å². The summed E-state index contributed by atoms with van der Waals surface area (Å²) in [4.78, 5) is 0. The zero-order chi connectivity index (χ0) is 7.52. The van der Waals surface area contributed by atoms with E-state index < -0.39 is 0 Å². The Morgan fingerprint density at radius 2 is 2.55 bits per heavy atom. The summed E-state index contributed by atoms with van der Waals surface area (Å²) in [5, 5.41) is 7.87. The van der Waals surface area contributed by atoms with Crippen LogP contribution in [0.3, 0.4) is 0 Å². The van der Waals surface area contributed by atoms with E-state index in [2.05, 4.69) is 28.6 Å². The normalized spacial score (nSPS) is 25.3. The largest absolute Gasteiger partial charge is 0.310 e. The van der Waals surface area contributed by atoms with Gasteiger partial charge in [0.2, 0.25) is 0 Å². The third-order valence-corrected chi connectivity index (χ3v) is 2.79. The molecule has 0 bridgehead atoms. The molecule has 1 aliphatic rings. The fraction of sp³-hybridized carbons (Fsp3) is 0.444. The summed E-state index contributed by atoms with van der Waals surface area (Å²) < 4.78 is 0. The van der Waals surface area contributed by atoms with Gasteiger partial charge in [-0.15, -0.1) is 0 Å². The maximum absolute atomic E-state index is 3.50. The Labute approximate surface area is 71.4 Å². The first-order chi connectivity index (χ1) is 5.47. The summed E-state index contributed by atoms with van der Waals surface area (Å²) in [7, 11) is 0. The minimum Gasteiger partial charge on any atom is -0.310 e. The van der Waals surface area contributed by atoms with Gasteiger partial charge in [-0.25, -0.2) is 0 Å². The van der Waals surface area contributed by atoms with Crippen molar-refractivity contribution in [2.75, 3.05) is 6.54 Å². The Bertz CT molecular complexity index is 199. The first-order valence-corrected chi connectivity index (χ1v) is 4.98. The van der Waals surface area contributed by atoms with Gasteiger partial charge >= 0.3 is 0 Å². The van der Waals surface area contributed by atoms with E-state index in [4.69, 9.17) is 0 Å². The average Bonchev–Trinajstić information content (AvgIpc) is 2.58. The molecule has 2 rings (SSSR count). The Morgan fingerprint density at radius 3 is 3.18 bits per heavy atom. The first kappa shape index (κ1) is 7.32. The van der Waals surface area contributed by atoms with Crippen molar-refractivity contribution < 1.29 is 0 Å².